The van der Waals surface area contributed by atoms with E-state index in [-0.39, 0.29) is 5.91 Å². The summed E-state index contributed by atoms with van der Waals surface area (Å²) in [6.07, 6.45) is 6.95. The van der Waals surface area contributed by atoms with Crippen LogP contribution in [-0.4, -0.2) is 41.9 Å². The third kappa shape index (κ3) is 4.46. The van der Waals surface area contributed by atoms with E-state index < -0.39 is 10.0 Å². The van der Waals surface area contributed by atoms with Gasteiger partial charge in [-0.15, -0.1) is 0 Å². The molecule has 1 amide bonds. The third-order valence-corrected chi connectivity index (χ3v) is 6.21. The summed E-state index contributed by atoms with van der Waals surface area (Å²) in [7, 11) is -3.40. The number of carbonyl (C=O) groups is 1. The van der Waals surface area contributed by atoms with Crippen LogP contribution in [0, 0.1) is 0 Å². The highest BCUT2D eigenvalue weighted by Gasteiger charge is 2.25. The van der Waals surface area contributed by atoms with Crippen molar-refractivity contribution in [2.45, 2.75) is 37.0 Å². The Morgan fingerprint density at radius 3 is 2.52 bits per heavy atom. The number of sulfonamides is 1. The summed E-state index contributed by atoms with van der Waals surface area (Å²) in [4.78, 5) is 12.2. The van der Waals surface area contributed by atoms with Crippen LogP contribution in [0.3, 0.4) is 0 Å². The fourth-order valence-corrected chi connectivity index (χ4v) is 4.40. The molecule has 2 heterocycles. The number of anilines is 1. The van der Waals surface area contributed by atoms with E-state index in [1.54, 1.807) is 34.8 Å². The lowest BCUT2D eigenvalue weighted by Crippen LogP contribution is -2.35. The molecule has 1 aromatic carbocycles. The van der Waals surface area contributed by atoms with Crippen LogP contribution in [0.2, 0.25) is 0 Å². The standard InChI is InChI=1S/C17H22N4O3S/c22-17(20-15-12-18-19-13-15)9-6-14-4-7-16(8-5-14)25(23,24)21-10-2-1-3-11-21/h4-5,7-8,12-13H,1-3,6,9-11H2,(H,18,19)(H,20,22). The van der Waals surface area contributed by atoms with Gasteiger partial charge in [0.05, 0.1) is 16.8 Å². The summed E-state index contributed by atoms with van der Waals surface area (Å²) >= 11 is 0. The van der Waals surface area contributed by atoms with Crippen molar-refractivity contribution in [2.75, 3.05) is 18.4 Å². The second-order valence-corrected chi connectivity index (χ2v) is 8.08. The van der Waals surface area contributed by atoms with E-state index in [1.165, 1.54) is 6.20 Å². The van der Waals surface area contributed by atoms with E-state index >= 15 is 0 Å². The van der Waals surface area contributed by atoms with Gasteiger partial charge in [0.25, 0.3) is 0 Å². The summed E-state index contributed by atoms with van der Waals surface area (Å²) in [6, 6.07) is 6.82. The SMILES string of the molecule is O=C(CCc1ccc(S(=O)(=O)N2CCCCC2)cc1)Nc1cn[nH]c1. The summed E-state index contributed by atoms with van der Waals surface area (Å²) in [5.41, 5.74) is 1.56. The fourth-order valence-electron chi connectivity index (χ4n) is 2.88. The van der Waals surface area contributed by atoms with E-state index in [4.69, 9.17) is 0 Å². The number of amides is 1. The van der Waals surface area contributed by atoms with E-state index in [1.807, 2.05) is 0 Å². The van der Waals surface area contributed by atoms with Crippen molar-refractivity contribution >= 4 is 21.6 Å². The zero-order valence-electron chi connectivity index (χ0n) is 13.9. The van der Waals surface area contributed by atoms with Crippen molar-refractivity contribution in [3.63, 3.8) is 0 Å². The van der Waals surface area contributed by atoms with Crippen molar-refractivity contribution in [2.24, 2.45) is 0 Å². The van der Waals surface area contributed by atoms with E-state index in [2.05, 4.69) is 15.5 Å². The van der Waals surface area contributed by atoms with Crippen LogP contribution in [-0.2, 0) is 21.2 Å². The monoisotopic (exact) mass is 362 g/mol. The van der Waals surface area contributed by atoms with Gasteiger partial charge in [-0.1, -0.05) is 18.6 Å². The van der Waals surface area contributed by atoms with Gasteiger partial charge in [0.15, 0.2) is 0 Å². The number of rotatable bonds is 6. The molecule has 1 saturated heterocycles. The van der Waals surface area contributed by atoms with Crippen molar-refractivity contribution in [1.82, 2.24) is 14.5 Å². The van der Waals surface area contributed by atoms with Gasteiger partial charge in [0.1, 0.15) is 0 Å². The van der Waals surface area contributed by atoms with E-state index in [9.17, 15) is 13.2 Å². The number of carbonyl (C=O) groups excluding carboxylic acids is 1. The molecule has 25 heavy (non-hydrogen) atoms. The van der Waals surface area contributed by atoms with Crippen LogP contribution in [0.15, 0.2) is 41.6 Å². The lowest BCUT2D eigenvalue weighted by Gasteiger charge is -2.25. The Kier molecular flexibility index (Phi) is 5.50. The Bertz CT molecular complexity index is 795. The first-order chi connectivity index (χ1) is 12.1. The number of nitrogens with zero attached hydrogens (tertiary/aromatic N) is 2. The molecule has 2 N–H and O–H groups in total. The smallest absolute Gasteiger partial charge is 0.243 e. The van der Waals surface area contributed by atoms with E-state index in [0.717, 1.165) is 24.8 Å². The van der Waals surface area contributed by atoms with Crippen LogP contribution in [0.5, 0.6) is 0 Å². The molecule has 3 rings (SSSR count). The Labute approximate surface area is 147 Å². The number of aryl methyl sites for hydroxylation is 1. The molecule has 134 valence electrons. The molecule has 7 nitrogen and oxygen atoms in total. The van der Waals surface area contributed by atoms with Crippen LogP contribution < -0.4 is 5.32 Å². The predicted molar refractivity (Wildman–Crippen MR) is 94.6 cm³/mol. The predicted octanol–water partition coefficient (Wildman–Crippen LogP) is 2.16. The Morgan fingerprint density at radius 1 is 1.16 bits per heavy atom. The maximum atomic E-state index is 12.6. The average molecular weight is 362 g/mol. The third-order valence-electron chi connectivity index (χ3n) is 4.30. The zero-order chi connectivity index (χ0) is 17.7. The summed E-state index contributed by atoms with van der Waals surface area (Å²) in [6.45, 7) is 1.19. The number of hydrogen-bond donors (Lipinski definition) is 2. The first-order valence-corrected chi connectivity index (χ1v) is 9.87. The normalized spacial score (nSPS) is 15.8. The molecule has 0 aliphatic carbocycles. The Hall–Kier alpha value is -2.19. The van der Waals surface area contributed by atoms with Gasteiger partial charge in [-0.2, -0.15) is 9.40 Å². The fraction of sp³-hybridized carbons (Fsp3) is 0.412. The maximum absolute atomic E-state index is 12.6. The van der Waals surface area contributed by atoms with Gasteiger partial charge in [0, 0.05) is 25.7 Å². The summed E-state index contributed by atoms with van der Waals surface area (Å²) < 4.78 is 26.7. The minimum Gasteiger partial charge on any atom is -0.323 e. The number of benzene rings is 1. The molecule has 1 aliphatic rings. The van der Waals surface area contributed by atoms with Gasteiger partial charge in [-0.3, -0.25) is 9.89 Å². The molecule has 0 bridgehead atoms. The second kappa shape index (κ2) is 7.79. The largest absolute Gasteiger partial charge is 0.323 e. The molecule has 0 saturated carbocycles. The van der Waals surface area contributed by atoms with Crippen LogP contribution in [0.1, 0.15) is 31.2 Å². The first kappa shape index (κ1) is 17.6. The number of aromatic amines is 1. The Morgan fingerprint density at radius 2 is 1.88 bits per heavy atom. The van der Waals surface area contributed by atoms with Crippen molar-refractivity contribution in [3.05, 3.63) is 42.2 Å². The highest BCUT2D eigenvalue weighted by atomic mass is 32.2. The van der Waals surface area contributed by atoms with Crippen molar-refractivity contribution < 1.29 is 13.2 Å². The molecule has 0 spiro atoms. The molecule has 8 heteroatoms. The van der Waals surface area contributed by atoms with Crippen molar-refractivity contribution in [3.8, 4) is 0 Å². The number of aromatic nitrogens is 2. The molecule has 1 aromatic heterocycles. The molecule has 2 aromatic rings. The average Bonchev–Trinajstić information content (AvgIpc) is 3.14. The van der Waals surface area contributed by atoms with Gasteiger partial charge >= 0.3 is 0 Å². The molecular formula is C17H22N4O3S. The number of piperidine rings is 1. The van der Waals surface area contributed by atoms with E-state index in [0.29, 0.717) is 36.5 Å². The quantitative estimate of drug-likeness (QED) is 0.823. The van der Waals surface area contributed by atoms with Gasteiger partial charge in [-0.25, -0.2) is 8.42 Å². The molecule has 0 radical (unpaired) electrons. The number of nitrogens with one attached hydrogen (secondary N) is 2. The van der Waals surface area contributed by atoms with Crippen LogP contribution in [0.25, 0.3) is 0 Å². The highest BCUT2D eigenvalue weighted by molar-refractivity contribution is 7.89. The summed E-state index contributed by atoms with van der Waals surface area (Å²) in [5, 5.41) is 9.13. The van der Waals surface area contributed by atoms with Gasteiger partial charge in [-0.05, 0) is 37.0 Å². The molecule has 1 aliphatic heterocycles. The van der Waals surface area contributed by atoms with Gasteiger partial charge in [0.2, 0.25) is 15.9 Å². The van der Waals surface area contributed by atoms with Crippen LogP contribution >= 0.6 is 0 Å². The van der Waals surface area contributed by atoms with Crippen molar-refractivity contribution in [1.29, 1.82) is 0 Å². The minimum absolute atomic E-state index is 0.105. The maximum Gasteiger partial charge on any atom is 0.243 e. The Balaban J connectivity index is 1.57. The van der Waals surface area contributed by atoms with Gasteiger partial charge < -0.3 is 5.32 Å². The minimum atomic E-state index is -3.40. The molecular weight excluding hydrogens is 340 g/mol. The summed E-state index contributed by atoms with van der Waals surface area (Å²) in [5.74, 6) is -0.105. The highest BCUT2D eigenvalue weighted by Crippen LogP contribution is 2.21. The first-order valence-electron chi connectivity index (χ1n) is 8.43. The lowest BCUT2D eigenvalue weighted by molar-refractivity contribution is -0.116. The topological polar surface area (TPSA) is 95.2 Å². The lowest BCUT2D eigenvalue weighted by atomic mass is 10.1. The number of hydrogen-bond acceptors (Lipinski definition) is 4. The zero-order valence-corrected chi connectivity index (χ0v) is 14.8. The molecule has 0 unspecified atom stereocenters. The molecule has 0 atom stereocenters. The molecule has 1 fully saturated rings. The number of H-pyrrole nitrogens is 1. The second-order valence-electron chi connectivity index (χ2n) is 6.14. The van der Waals surface area contributed by atoms with Crippen LogP contribution in [0.4, 0.5) is 5.69 Å².